The zero-order valence-corrected chi connectivity index (χ0v) is 9.15. The second-order valence-electron chi connectivity index (χ2n) is 2.58. The van der Waals surface area contributed by atoms with Crippen LogP contribution in [0.2, 0.25) is 0 Å². The van der Waals surface area contributed by atoms with Gasteiger partial charge in [-0.3, -0.25) is 0 Å². The summed E-state index contributed by atoms with van der Waals surface area (Å²) in [4.78, 5) is 0. The number of alkyl halides is 3. The van der Waals surface area contributed by atoms with Crippen molar-refractivity contribution in [1.82, 2.24) is 0 Å². The lowest BCUT2D eigenvalue weighted by molar-refractivity contribution is -0.275. The molecule has 84 valence electrons. The standard InChI is InChI=1S/C8H7BrF3NO2/c1-14-6-3-4(13)2-5(9)7(6)15-8(10,11)12/h2-3H,13H2,1H3. The fourth-order valence-corrected chi connectivity index (χ4v) is 1.50. The maximum absolute atomic E-state index is 12.0. The number of halogens is 4. The summed E-state index contributed by atoms with van der Waals surface area (Å²) in [5.74, 6) is -0.529. The van der Waals surface area contributed by atoms with Crippen LogP contribution in [0, 0.1) is 0 Å². The van der Waals surface area contributed by atoms with Gasteiger partial charge in [-0.15, -0.1) is 13.2 Å². The van der Waals surface area contributed by atoms with Crippen molar-refractivity contribution >= 4 is 21.6 Å². The average molecular weight is 286 g/mol. The molecule has 15 heavy (non-hydrogen) atoms. The molecular weight excluding hydrogens is 279 g/mol. The number of ether oxygens (including phenoxy) is 2. The third-order valence-electron chi connectivity index (χ3n) is 1.47. The van der Waals surface area contributed by atoms with E-state index in [1.54, 1.807) is 0 Å². The number of hydrogen-bond acceptors (Lipinski definition) is 3. The second-order valence-corrected chi connectivity index (χ2v) is 3.44. The molecule has 3 nitrogen and oxygen atoms in total. The van der Waals surface area contributed by atoms with Crippen LogP contribution in [-0.4, -0.2) is 13.5 Å². The van der Waals surface area contributed by atoms with Gasteiger partial charge in [0.15, 0.2) is 11.5 Å². The van der Waals surface area contributed by atoms with Crippen molar-refractivity contribution in [2.45, 2.75) is 6.36 Å². The van der Waals surface area contributed by atoms with Gasteiger partial charge in [0.25, 0.3) is 0 Å². The Hall–Kier alpha value is -1.11. The summed E-state index contributed by atoms with van der Waals surface area (Å²) in [5.41, 5.74) is 5.69. The number of benzene rings is 1. The van der Waals surface area contributed by atoms with Crippen molar-refractivity contribution in [2.75, 3.05) is 12.8 Å². The molecule has 1 rings (SSSR count). The first-order valence-electron chi connectivity index (χ1n) is 3.72. The highest BCUT2D eigenvalue weighted by molar-refractivity contribution is 9.10. The van der Waals surface area contributed by atoms with Crippen LogP contribution in [0.15, 0.2) is 16.6 Å². The van der Waals surface area contributed by atoms with Crippen molar-refractivity contribution in [1.29, 1.82) is 0 Å². The van der Waals surface area contributed by atoms with Gasteiger partial charge in [-0.2, -0.15) is 0 Å². The first-order valence-corrected chi connectivity index (χ1v) is 4.51. The molecule has 0 fully saturated rings. The Morgan fingerprint density at radius 2 is 1.93 bits per heavy atom. The number of anilines is 1. The van der Waals surface area contributed by atoms with Crippen LogP contribution in [0.4, 0.5) is 18.9 Å². The predicted molar refractivity (Wildman–Crippen MR) is 51.8 cm³/mol. The molecule has 0 saturated carbocycles. The van der Waals surface area contributed by atoms with Gasteiger partial charge in [0.05, 0.1) is 11.6 Å². The highest BCUT2D eigenvalue weighted by Crippen LogP contribution is 2.40. The van der Waals surface area contributed by atoms with Gasteiger partial charge in [-0.1, -0.05) is 0 Å². The molecule has 0 aromatic heterocycles. The van der Waals surface area contributed by atoms with Gasteiger partial charge in [-0.05, 0) is 22.0 Å². The smallest absolute Gasteiger partial charge is 0.493 e. The van der Waals surface area contributed by atoms with E-state index in [2.05, 4.69) is 20.7 Å². The van der Waals surface area contributed by atoms with E-state index in [0.717, 1.165) is 0 Å². The van der Waals surface area contributed by atoms with E-state index in [4.69, 9.17) is 10.5 Å². The average Bonchev–Trinajstić information content (AvgIpc) is 2.07. The van der Waals surface area contributed by atoms with Crippen molar-refractivity contribution in [2.24, 2.45) is 0 Å². The molecule has 0 aliphatic heterocycles. The Bertz CT molecular complexity index is 368. The third kappa shape index (κ3) is 3.19. The largest absolute Gasteiger partial charge is 0.573 e. The zero-order chi connectivity index (χ0) is 11.6. The fourth-order valence-electron chi connectivity index (χ4n) is 0.955. The Labute approximate surface area is 92.1 Å². The van der Waals surface area contributed by atoms with Gasteiger partial charge in [0.1, 0.15) is 0 Å². The van der Waals surface area contributed by atoms with E-state index in [0.29, 0.717) is 0 Å². The number of nitrogen functional groups attached to an aromatic ring is 1. The molecule has 0 spiro atoms. The summed E-state index contributed by atoms with van der Waals surface area (Å²) in [6.07, 6.45) is -4.77. The van der Waals surface area contributed by atoms with Gasteiger partial charge in [0, 0.05) is 11.8 Å². The van der Waals surface area contributed by atoms with Crippen LogP contribution < -0.4 is 15.2 Å². The molecule has 0 heterocycles. The van der Waals surface area contributed by atoms with E-state index in [-0.39, 0.29) is 15.9 Å². The lowest BCUT2D eigenvalue weighted by Gasteiger charge is -2.14. The van der Waals surface area contributed by atoms with Gasteiger partial charge in [-0.25, -0.2) is 0 Å². The maximum atomic E-state index is 12.0. The fraction of sp³-hybridized carbons (Fsp3) is 0.250. The van der Waals surface area contributed by atoms with Crippen molar-refractivity contribution in [3.05, 3.63) is 16.6 Å². The van der Waals surface area contributed by atoms with Gasteiger partial charge in [0.2, 0.25) is 0 Å². The molecule has 0 unspecified atom stereocenters. The van der Waals surface area contributed by atoms with Crippen LogP contribution in [0.25, 0.3) is 0 Å². The highest BCUT2D eigenvalue weighted by Gasteiger charge is 2.33. The first kappa shape index (κ1) is 12.0. The van der Waals surface area contributed by atoms with E-state index < -0.39 is 12.1 Å². The molecule has 1 aromatic carbocycles. The normalized spacial score (nSPS) is 11.3. The van der Waals surface area contributed by atoms with E-state index in [1.807, 2.05) is 0 Å². The van der Waals surface area contributed by atoms with E-state index in [9.17, 15) is 13.2 Å². The topological polar surface area (TPSA) is 44.5 Å². The Morgan fingerprint density at radius 3 is 2.40 bits per heavy atom. The van der Waals surface area contributed by atoms with Gasteiger partial charge < -0.3 is 15.2 Å². The number of nitrogens with two attached hydrogens (primary N) is 1. The summed E-state index contributed by atoms with van der Waals surface area (Å²) in [5, 5.41) is 0. The van der Waals surface area contributed by atoms with Crippen LogP contribution >= 0.6 is 15.9 Å². The monoisotopic (exact) mass is 285 g/mol. The minimum absolute atomic E-state index is 0.0803. The SMILES string of the molecule is COc1cc(N)cc(Br)c1OC(F)(F)F. The number of methoxy groups -OCH3 is 1. The summed E-state index contributed by atoms with van der Waals surface area (Å²) >= 11 is 2.91. The summed E-state index contributed by atoms with van der Waals surface area (Å²) in [6.45, 7) is 0. The summed E-state index contributed by atoms with van der Waals surface area (Å²) < 4.78 is 44.6. The van der Waals surface area contributed by atoms with Crippen molar-refractivity contribution < 1.29 is 22.6 Å². The van der Waals surface area contributed by atoms with Crippen LogP contribution in [-0.2, 0) is 0 Å². The molecule has 7 heteroatoms. The summed E-state index contributed by atoms with van der Waals surface area (Å²) in [7, 11) is 1.23. The molecule has 0 bridgehead atoms. The van der Waals surface area contributed by atoms with Crippen molar-refractivity contribution in [3.63, 3.8) is 0 Å². The van der Waals surface area contributed by atoms with E-state index >= 15 is 0 Å². The second kappa shape index (κ2) is 4.18. The van der Waals surface area contributed by atoms with Crippen LogP contribution in [0.5, 0.6) is 11.5 Å². The quantitative estimate of drug-likeness (QED) is 0.850. The van der Waals surface area contributed by atoms with E-state index in [1.165, 1.54) is 19.2 Å². The molecule has 0 amide bonds. The van der Waals surface area contributed by atoms with Crippen LogP contribution in [0.1, 0.15) is 0 Å². The molecule has 0 saturated heterocycles. The zero-order valence-electron chi connectivity index (χ0n) is 7.56. The third-order valence-corrected chi connectivity index (χ3v) is 2.06. The Balaban J connectivity index is 3.15. The molecule has 0 aliphatic rings. The minimum atomic E-state index is -4.77. The number of rotatable bonds is 2. The van der Waals surface area contributed by atoms with Crippen LogP contribution in [0.3, 0.4) is 0 Å². The van der Waals surface area contributed by atoms with Gasteiger partial charge >= 0.3 is 6.36 Å². The first-order chi connectivity index (χ1) is 6.83. The molecular formula is C8H7BrF3NO2. The molecule has 1 aromatic rings. The predicted octanol–water partition coefficient (Wildman–Crippen LogP) is 2.94. The maximum Gasteiger partial charge on any atom is 0.573 e. The summed E-state index contributed by atoms with van der Waals surface area (Å²) in [6, 6.07) is 2.54. The van der Waals surface area contributed by atoms with Crippen molar-refractivity contribution in [3.8, 4) is 11.5 Å². The molecule has 0 atom stereocenters. The molecule has 0 aliphatic carbocycles. The minimum Gasteiger partial charge on any atom is -0.493 e. The molecule has 2 N–H and O–H groups in total. The number of hydrogen-bond donors (Lipinski definition) is 1. The molecule has 0 radical (unpaired) electrons. The Morgan fingerprint density at radius 1 is 1.33 bits per heavy atom. The highest BCUT2D eigenvalue weighted by atomic mass is 79.9. The lowest BCUT2D eigenvalue weighted by atomic mass is 10.3. The Kier molecular flexibility index (Phi) is 3.33. The lowest BCUT2D eigenvalue weighted by Crippen LogP contribution is -2.18.